The monoisotopic (exact) mass is 382 g/mol. The van der Waals surface area contributed by atoms with Crippen molar-refractivity contribution in [2.45, 2.75) is 27.3 Å². The molecule has 9 heteroatoms. The summed E-state index contributed by atoms with van der Waals surface area (Å²) in [6.45, 7) is 5.54. The van der Waals surface area contributed by atoms with Crippen LogP contribution in [0.25, 0.3) is 11.2 Å². The zero-order chi connectivity index (χ0) is 20.6. The maximum atomic E-state index is 12.4. The Balaban J connectivity index is 1.85. The minimum Gasteiger partial charge on any atom is -0.315 e. The Morgan fingerprint density at radius 3 is 2.57 bits per heavy atom. The van der Waals surface area contributed by atoms with E-state index >= 15 is 0 Å². The quantitative estimate of drug-likeness (QED) is 0.537. The van der Waals surface area contributed by atoms with E-state index in [2.05, 4.69) is 15.3 Å². The van der Waals surface area contributed by atoms with E-state index in [1.165, 1.54) is 29.6 Å². The van der Waals surface area contributed by atoms with Gasteiger partial charge in [-0.25, -0.2) is 14.8 Å². The number of aryl methyl sites for hydroxylation is 3. The van der Waals surface area contributed by atoms with Crippen LogP contribution in [-0.4, -0.2) is 30.4 Å². The highest BCUT2D eigenvalue weighted by Gasteiger charge is 2.16. The molecule has 0 aliphatic heterocycles. The van der Waals surface area contributed by atoms with Crippen molar-refractivity contribution in [2.75, 3.05) is 0 Å². The van der Waals surface area contributed by atoms with Crippen LogP contribution < -0.4 is 16.6 Å². The first-order chi connectivity index (χ1) is 13.2. The van der Waals surface area contributed by atoms with E-state index < -0.39 is 11.2 Å². The van der Waals surface area contributed by atoms with Gasteiger partial charge in [0.15, 0.2) is 11.2 Å². The fraction of sp³-hybridized carbons (Fsp3) is 0.316. The number of fused-ring (bicyclic) bond motifs is 1. The van der Waals surface area contributed by atoms with Crippen LogP contribution in [0.1, 0.15) is 18.1 Å². The van der Waals surface area contributed by atoms with Gasteiger partial charge in [-0.3, -0.25) is 18.7 Å². The maximum Gasteiger partial charge on any atom is 0.332 e. The predicted octanol–water partition coefficient (Wildman–Crippen LogP) is 0.917. The Kier molecular flexibility index (Phi) is 5.00. The number of aromatic nitrogens is 4. The lowest BCUT2D eigenvalue weighted by molar-refractivity contribution is -0.120. The smallest absolute Gasteiger partial charge is 0.315 e. The number of imidazole rings is 1. The molecule has 2 heterocycles. The molecule has 1 aromatic carbocycles. The second kappa shape index (κ2) is 7.26. The number of rotatable bonds is 3. The molecular weight excluding hydrogens is 360 g/mol. The minimum atomic E-state index is -0.496. The van der Waals surface area contributed by atoms with Crippen molar-refractivity contribution < 1.29 is 4.79 Å². The molecule has 9 nitrogen and oxygen atoms in total. The molecule has 2 aromatic heterocycles. The van der Waals surface area contributed by atoms with Crippen molar-refractivity contribution in [3.05, 3.63) is 56.5 Å². The standard InChI is InChI=1S/C19H22N6O3/c1-11-6-7-14(12(2)8-11)21-13(3)22-15(26)9-25-10-20-17-16(25)18(27)24(5)19(28)23(17)4/h6-8,10H,9H2,1-5H3,(H,21,22,26). The van der Waals surface area contributed by atoms with Gasteiger partial charge in [0.25, 0.3) is 5.56 Å². The molecular formula is C19H22N6O3. The van der Waals surface area contributed by atoms with Crippen molar-refractivity contribution in [3.8, 4) is 0 Å². The number of hydrogen-bond donors (Lipinski definition) is 1. The van der Waals surface area contributed by atoms with Gasteiger partial charge in [0.2, 0.25) is 5.91 Å². The number of nitrogens with one attached hydrogen (secondary N) is 1. The first-order valence-corrected chi connectivity index (χ1v) is 8.72. The highest BCUT2D eigenvalue weighted by Crippen LogP contribution is 2.19. The van der Waals surface area contributed by atoms with E-state index in [1.807, 2.05) is 32.0 Å². The van der Waals surface area contributed by atoms with E-state index in [-0.39, 0.29) is 23.6 Å². The van der Waals surface area contributed by atoms with E-state index in [0.29, 0.717) is 5.84 Å². The highest BCUT2D eigenvalue weighted by atomic mass is 16.2. The third-order valence-electron chi connectivity index (χ3n) is 4.49. The van der Waals surface area contributed by atoms with Crippen LogP contribution >= 0.6 is 0 Å². The average Bonchev–Trinajstić information content (AvgIpc) is 3.04. The van der Waals surface area contributed by atoms with Crippen LogP contribution in [0.3, 0.4) is 0 Å². The third-order valence-corrected chi connectivity index (χ3v) is 4.49. The van der Waals surface area contributed by atoms with Crippen molar-refractivity contribution in [3.63, 3.8) is 0 Å². The fourth-order valence-electron chi connectivity index (χ4n) is 3.05. The number of amidine groups is 1. The number of nitrogens with zero attached hydrogens (tertiary/aromatic N) is 5. The van der Waals surface area contributed by atoms with Gasteiger partial charge >= 0.3 is 5.69 Å². The van der Waals surface area contributed by atoms with Crippen molar-refractivity contribution in [2.24, 2.45) is 19.1 Å². The Hall–Kier alpha value is -3.49. The molecule has 0 fully saturated rings. The summed E-state index contributed by atoms with van der Waals surface area (Å²) in [4.78, 5) is 45.4. The Labute approximate surface area is 161 Å². The van der Waals surface area contributed by atoms with Crippen LogP contribution in [0, 0.1) is 13.8 Å². The fourth-order valence-corrected chi connectivity index (χ4v) is 3.05. The van der Waals surface area contributed by atoms with Gasteiger partial charge in [-0.2, -0.15) is 0 Å². The largest absolute Gasteiger partial charge is 0.332 e. The van der Waals surface area contributed by atoms with Crippen molar-refractivity contribution >= 4 is 28.6 Å². The molecule has 0 aliphatic carbocycles. The second-order valence-electron chi connectivity index (χ2n) is 6.79. The number of hydrogen-bond acceptors (Lipinski definition) is 5. The number of aliphatic imine (C=N–C) groups is 1. The SMILES string of the molecule is CC(=Nc1ccc(C)cc1C)NC(=O)Cn1cnc2c1c(=O)n(C)c(=O)n2C. The first-order valence-electron chi connectivity index (χ1n) is 8.72. The highest BCUT2D eigenvalue weighted by molar-refractivity contribution is 5.98. The van der Waals surface area contributed by atoms with Gasteiger partial charge in [-0.05, 0) is 32.4 Å². The van der Waals surface area contributed by atoms with Crippen LogP contribution in [0.2, 0.25) is 0 Å². The lowest BCUT2D eigenvalue weighted by Gasteiger charge is -2.08. The molecule has 146 valence electrons. The summed E-state index contributed by atoms with van der Waals surface area (Å²) in [5, 5.41) is 2.72. The zero-order valence-corrected chi connectivity index (χ0v) is 16.5. The van der Waals surface area contributed by atoms with Crippen LogP contribution in [-0.2, 0) is 25.4 Å². The molecule has 0 saturated heterocycles. The van der Waals surface area contributed by atoms with Gasteiger partial charge in [0, 0.05) is 14.1 Å². The van der Waals surface area contributed by atoms with E-state index in [0.717, 1.165) is 21.4 Å². The van der Waals surface area contributed by atoms with Crippen molar-refractivity contribution in [1.29, 1.82) is 0 Å². The summed E-state index contributed by atoms with van der Waals surface area (Å²) in [5.41, 5.74) is 2.40. The summed E-state index contributed by atoms with van der Waals surface area (Å²) in [6.07, 6.45) is 1.38. The summed E-state index contributed by atoms with van der Waals surface area (Å²) in [6, 6.07) is 5.87. The van der Waals surface area contributed by atoms with E-state index in [1.54, 1.807) is 6.92 Å². The van der Waals surface area contributed by atoms with E-state index in [4.69, 9.17) is 0 Å². The average molecular weight is 382 g/mol. The molecule has 28 heavy (non-hydrogen) atoms. The van der Waals surface area contributed by atoms with Gasteiger partial charge in [0.1, 0.15) is 12.4 Å². The van der Waals surface area contributed by atoms with Gasteiger partial charge < -0.3 is 9.88 Å². The van der Waals surface area contributed by atoms with E-state index in [9.17, 15) is 14.4 Å². The topological polar surface area (TPSA) is 103 Å². The lowest BCUT2D eigenvalue weighted by Crippen LogP contribution is -2.38. The Morgan fingerprint density at radius 2 is 1.89 bits per heavy atom. The van der Waals surface area contributed by atoms with Gasteiger partial charge in [-0.1, -0.05) is 17.7 Å². The van der Waals surface area contributed by atoms with Crippen LogP contribution in [0.15, 0.2) is 39.1 Å². The third kappa shape index (κ3) is 3.51. The van der Waals surface area contributed by atoms with Gasteiger partial charge in [0.05, 0.1) is 12.0 Å². The summed E-state index contributed by atoms with van der Waals surface area (Å²) < 4.78 is 3.69. The molecule has 1 amide bonds. The Morgan fingerprint density at radius 1 is 1.18 bits per heavy atom. The van der Waals surface area contributed by atoms with Gasteiger partial charge in [-0.15, -0.1) is 0 Å². The molecule has 3 rings (SSSR count). The normalized spacial score (nSPS) is 11.8. The predicted molar refractivity (Wildman–Crippen MR) is 107 cm³/mol. The Bertz CT molecular complexity index is 1230. The lowest BCUT2D eigenvalue weighted by atomic mass is 10.1. The van der Waals surface area contributed by atoms with Crippen LogP contribution in [0.4, 0.5) is 5.69 Å². The molecule has 0 aliphatic rings. The molecule has 0 saturated carbocycles. The van der Waals surface area contributed by atoms with Crippen molar-refractivity contribution in [1.82, 2.24) is 24.0 Å². The molecule has 0 spiro atoms. The zero-order valence-electron chi connectivity index (χ0n) is 16.5. The molecule has 1 N–H and O–H groups in total. The van der Waals surface area contributed by atoms with Crippen LogP contribution in [0.5, 0.6) is 0 Å². The number of benzene rings is 1. The number of amides is 1. The number of carbonyl (C=O) groups is 1. The summed E-state index contributed by atoms with van der Waals surface area (Å²) in [5.74, 6) is 0.0999. The molecule has 0 bridgehead atoms. The maximum absolute atomic E-state index is 12.4. The summed E-state index contributed by atoms with van der Waals surface area (Å²) >= 11 is 0. The summed E-state index contributed by atoms with van der Waals surface area (Å²) in [7, 11) is 2.92. The second-order valence-corrected chi connectivity index (χ2v) is 6.79. The molecule has 0 unspecified atom stereocenters. The molecule has 3 aromatic rings. The molecule has 0 atom stereocenters. The number of carbonyl (C=O) groups excluding carboxylic acids is 1. The molecule has 0 radical (unpaired) electrons. The minimum absolute atomic E-state index is 0.121. The first kappa shape index (κ1) is 19.3.